The third kappa shape index (κ3) is 3.98. The van der Waals surface area contributed by atoms with Crippen LogP contribution in [-0.2, 0) is 9.53 Å². The Kier molecular flexibility index (Phi) is 4.59. The Morgan fingerprint density at radius 1 is 1.35 bits per heavy atom. The summed E-state index contributed by atoms with van der Waals surface area (Å²) in [5.41, 5.74) is 0.231. The van der Waals surface area contributed by atoms with Gasteiger partial charge in [-0.15, -0.1) is 0 Å². The number of hydrogen-bond donors (Lipinski definition) is 1. The van der Waals surface area contributed by atoms with Crippen molar-refractivity contribution in [2.75, 3.05) is 0 Å². The maximum Gasteiger partial charge on any atom is 0.334 e. The van der Waals surface area contributed by atoms with Crippen LogP contribution in [0.1, 0.15) is 53.9 Å². The molecule has 1 fully saturated rings. The number of carbonyl (C=O) groups excluding carboxylic acids is 1. The third-order valence-corrected chi connectivity index (χ3v) is 3.85. The fourth-order valence-electron chi connectivity index (χ4n) is 2.68. The average Bonchev–Trinajstić information content (AvgIpc) is 2.15. The van der Waals surface area contributed by atoms with Gasteiger partial charge in [-0.25, -0.2) is 4.79 Å². The molecule has 0 spiro atoms. The minimum absolute atomic E-state index is 0.0409. The number of hydrogen-bond acceptors (Lipinski definition) is 3. The molecule has 3 atom stereocenters. The quantitative estimate of drug-likeness (QED) is 0.774. The minimum Gasteiger partial charge on any atom is -0.460 e. The summed E-state index contributed by atoms with van der Waals surface area (Å²) >= 11 is 0. The number of aliphatic hydroxyl groups is 1. The Labute approximate surface area is 105 Å². The largest absolute Gasteiger partial charge is 0.460 e. The normalized spacial score (nSPS) is 30.1. The van der Waals surface area contributed by atoms with Gasteiger partial charge >= 0.3 is 5.97 Å². The van der Waals surface area contributed by atoms with Gasteiger partial charge in [-0.05, 0) is 43.4 Å². The van der Waals surface area contributed by atoms with Crippen LogP contribution in [0.3, 0.4) is 0 Å². The topological polar surface area (TPSA) is 46.5 Å². The van der Waals surface area contributed by atoms with Crippen molar-refractivity contribution in [2.24, 2.45) is 17.3 Å². The summed E-state index contributed by atoms with van der Waals surface area (Å²) in [5, 5.41) is 9.23. The van der Waals surface area contributed by atoms with Crippen molar-refractivity contribution in [3.8, 4) is 0 Å². The van der Waals surface area contributed by atoms with E-state index in [1.165, 1.54) is 13.3 Å². The van der Waals surface area contributed by atoms with Crippen molar-refractivity contribution in [3.63, 3.8) is 0 Å². The van der Waals surface area contributed by atoms with Crippen LogP contribution in [0.5, 0.6) is 0 Å². The van der Waals surface area contributed by atoms with Crippen LogP contribution < -0.4 is 0 Å². The smallest absolute Gasteiger partial charge is 0.334 e. The van der Waals surface area contributed by atoms with Crippen LogP contribution in [0, 0.1) is 17.3 Å². The number of aliphatic hydroxyl groups excluding tert-OH is 1. The summed E-state index contributed by atoms with van der Waals surface area (Å²) in [5.74, 6) is 0.446. The monoisotopic (exact) mass is 242 g/mol. The first-order chi connectivity index (χ1) is 7.73. The summed E-state index contributed by atoms with van der Waals surface area (Å²) in [4.78, 5) is 11.5. The predicted octanol–water partition coefficient (Wildman–Crippen LogP) is 2.76. The zero-order valence-corrected chi connectivity index (χ0v) is 11.7. The molecule has 1 rings (SSSR count). The number of ether oxygens (including phenoxy) is 1. The standard InChI is InChI=1S/C14H26O3/c1-9(2)11-6-7-14(4,5)8-12(11)17-13(16)10(3)15/h9-12,15H,6-8H2,1-5H3/t10-,11+,12-/m0/s1. The minimum atomic E-state index is -1.02. The van der Waals surface area contributed by atoms with E-state index in [9.17, 15) is 9.90 Å². The molecule has 3 nitrogen and oxygen atoms in total. The molecule has 0 saturated heterocycles. The summed E-state index contributed by atoms with van der Waals surface area (Å²) in [6, 6.07) is 0. The fourth-order valence-corrected chi connectivity index (χ4v) is 2.68. The van der Waals surface area contributed by atoms with E-state index in [4.69, 9.17) is 4.74 Å². The average molecular weight is 242 g/mol. The van der Waals surface area contributed by atoms with Crippen molar-refractivity contribution in [3.05, 3.63) is 0 Å². The first-order valence-corrected chi connectivity index (χ1v) is 6.61. The van der Waals surface area contributed by atoms with E-state index < -0.39 is 12.1 Å². The zero-order chi connectivity index (χ0) is 13.2. The highest BCUT2D eigenvalue weighted by atomic mass is 16.6. The molecule has 0 heterocycles. The molecule has 1 saturated carbocycles. The van der Waals surface area contributed by atoms with E-state index >= 15 is 0 Å². The van der Waals surface area contributed by atoms with E-state index in [2.05, 4.69) is 27.7 Å². The molecule has 1 N–H and O–H groups in total. The van der Waals surface area contributed by atoms with Gasteiger partial charge in [-0.2, -0.15) is 0 Å². The summed E-state index contributed by atoms with van der Waals surface area (Å²) in [6.07, 6.45) is 2.11. The van der Waals surface area contributed by atoms with Crippen LogP contribution >= 0.6 is 0 Å². The molecule has 0 amide bonds. The van der Waals surface area contributed by atoms with Gasteiger partial charge in [0.2, 0.25) is 0 Å². The van der Waals surface area contributed by atoms with Gasteiger partial charge in [-0.1, -0.05) is 27.7 Å². The second kappa shape index (κ2) is 5.38. The lowest BCUT2D eigenvalue weighted by atomic mass is 9.68. The molecule has 0 unspecified atom stereocenters. The molecule has 0 aliphatic heterocycles. The van der Waals surface area contributed by atoms with Crippen LogP contribution in [0.25, 0.3) is 0 Å². The van der Waals surface area contributed by atoms with Crippen LogP contribution in [0.15, 0.2) is 0 Å². The van der Waals surface area contributed by atoms with Gasteiger partial charge in [0.1, 0.15) is 12.2 Å². The van der Waals surface area contributed by atoms with Gasteiger partial charge < -0.3 is 9.84 Å². The molecule has 0 bridgehead atoms. The molecule has 3 heteroatoms. The van der Waals surface area contributed by atoms with Crippen molar-refractivity contribution in [2.45, 2.75) is 66.1 Å². The first-order valence-electron chi connectivity index (χ1n) is 6.61. The van der Waals surface area contributed by atoms with Gasteiger partial charge in [0.25, 0.3) is 0 Å². The van der Waals surface area contributed by atoms with Crippen molar-refractivity contribution >= 4 is 5.97 Å². The van der Waals surface area contributed by atoms with Crippen molar-refractivity contribution < 1.29 is 14.6 Å². The first kappa shape index (κ1) is 14.5. The highest BCUT2D eigenvalue weighted by Gasteiger charge is 2.38. The molecule has 17 heavy (non-hydrogen) atoms. The molecular weight excluding hydrogens is 216 g/mol. The molecule has 0 aromatic heterocycles. The lowest BCUT2D eigenvalue weighted by Crippen LogP contribution is -2.40. The molecule has 0 aromatic rings. The molecule has 0 aromatic carbocycles. The lowest BCUT2D eigenvalue weighted by Gasteiger charge is -2.42. The second-order valence-corrected chi connectivity index (χ2v) is 6.47. The van der Waals surface area contributed by atoms with Gasteiger partial charge in [0, 0.05) is 0 Å². The summed E-state index contributed by atoms with van der Waals surface area (Å²) < 4.78 is 5.47. The molecule has 100 valence electrons. The Bertz CT molecular complexity index is 269. The lowest BCUT2D eigenvalue weighted by molar-refractivity contribution is -0.166. The molecule has 0 radical (unpaired) electrons. The third-order valence-electron chi connectivity index (χ3n) is 3.85. The number of carbonyl (C=O) groups is 1. The van der Waals surface area contributed by atoms with E-state index in [0.717, 1.165) is 12.8 Å². The van der Waals surface area contributed by atoms with Gasteiger partial charge in [0.15, 0.2) is 0 Å². The number of rotatable bonds is 3. The zero-order valence-electron chi connectivity index (χ0n) is 11.7. The summed E-state index contributed by atoms with van der Waals surface area (Å²) in [6.45, 7) is 10.2. The van der Waals surface area contributed by atoms with Gasteiger partial charge in [-0.3, -0.25) is 0 Å². The molecule has 1 aliphatic carbocycles. The predicted molar refractivity (Wildman–Crippen MR) is 67.5 cm³/mol. The maximum absolute atomic E-state index is 11.5. The van der Waals surface area contributed by atoms with Crippen LogP contribution in [0.4, 0.5) is 0 Å². The highest BCUT2D eigenvalue weighted by molar-refractivity contribution is 5.74. The van der Waals surface area contributed by atoms with E-state index in [-0.39, 0.29) is 11.5 Å². The van der Waals surface area contributed by atoms with E-state index in [1.807, 2.05) is 0 Å². The SMILES string of the molecule is CC(C)[C@H]1CCC(C)(C)C[C@@H]1OC(=O)[C@H](C)O. The van der Waals surface area contributed by atoms with E-state index in [0.29, 0.717) is 11.8 Å². The Hall–Kier alpha value is -0.570. The van der Waals surface area contributed by atoms with Crippen molar-refractivity contribution in [1.29, 1.82) is 0 Å². The van der Waals surface area contributed by atoms with Crippen LogP contribution in [-0.4, -0.2) is 23.3 Å². The van der Waals surface area contributed by atoms with Crippen molar-refractivity contribution in [1.82, 2.24) is 0 Å². The Morgan fingerprint density at radius 3 is 2.41 bits per heavy atom. The Morgan fingerprint density at radius 2 is 1.94 bits per heavy atom. The van der Waals surface area contributed by atoms with Crippen LogP contribution in [0.2, 0.25) is 0 Å². The Balaban J connectivity index is 2.71. The molecular formula is C14H26O3. The van der Waals surface area contributed by atoms with E-state index in [1.54, 1.807) is 0 Å². The number of esters is 1. The van der Waals surface area contributed by atoms with Gasteiger partial charge in [0.05, 0.1) is 0 Å². The maximum atomic E-state index is 11.5. The highest BCUT2D eigenvalue weighted by Crippen LogP contribution is 2.42. The fraction of sp³-hybridized carbons (Fsp3) is 0.929. The molecule has 1 aliphatic rings. The second-order valence-electron chi connectivity index (χ2n) is 6.47. The summed E-state index contributed by atoms with van der Waals surface area (Å²) in [7, 11) is 0.